The third-order valence-electron chi connectivity index (χ3n) is 5.74. The largest absolute Gasteiger partial charge is 0.493 e. The van der Waals surface area contributed by atoms with Crippen molar-refractivity contribution in [1.29, 1.82) is 0 Å². The van der Waals surface area contributed by atoms with E-state index in [2.05, 4.69) is 5.32 Å². The molecule has 0 bridgehead atoms. The molecule has 34 heavy (non-hydrogen) atoms. The lowest BCUT2D eigenvalue weighted by molar-refractivity contribution is -0.121. The van der Waals surface area contributed by atoms with Gasteiger partial charge in [0.05, 0.1) is 26.5 Å². The fourth-order valence-electron chi connectivity index (χ4n) is 3.85. The first-order valence-electron chi connectivity index (χ1n) is 11.1. The third-order valence-corrected chi connectivity index (χ3v) is 5.74. The molecule has 0 fully saturated rings. The van der Waals surface area contributed by atoms with E-state index >= 15 is 0 Å². The molecule has 0 saturated heterocycles. The summed E-state index contributed by atoms with van der Waals surface area (Å²) < 4.78 is 16.2. The lowest BCUT2D eigenvalue weighted by Crippen LogP contribution is -2.38. The summed E-state index contributed by atoms with van der Waals surface area (Å²) in [6.45, 7) is 2.46. The molecule has 1 aliphatic rings. The molecule has 0 aromatic heterocycles. The summed E-state index contributed by atoms with van der Waals surface area (Å²) in [5, 5.41) is 2.93. The SMILES string of the molecule is COc1ccc(CCC(=O)Nc2ccc3c(c2)N(Cc2ccc(C)cc2)C(=O)CO3)cc1OC. The number of amides is 2. The lowest BCUT2D eigenvalue weighted by Gasteiger charge is -2.30. The quantitative estimate of drug-likeness (QED) is 0.535. The van der Waals surface area contributed by atoms with Gasteiger partial charge in [0.15, 0.2) is 18.1 Å². The molecule has 2 amide bonds. The number of carbonyl (C=O) groups is 2. The van der Waals surface area contributed by atoms with Gasteiger partial charge in [-0.15, -0.1) is 0 Å². The molecule has 7 heteroatoms. The van der Waals surface area contributed by atoms with Gasteiger partial charge in [0.1, 0.15) is 5.75 Å². The Morgan fingerprint density at radius 3 is 2.44 bits per heavy atom. The zero-order valence-electron chi connectivity index (χ0n) is 19.6. The van der Waals surface area contributed by atoms with Crippen LogP contribution in [0.3, 0.4) is 0 Å². The standard InChI is InChI=1S/C27H28N2O5/c1-18-4-6-20(7-5-18)16-29-22-15-21(10-12-23(22)34-17-27(29)31)28-26(30)13-9-19-8-11-24(32-2)25(14-19)33-3/h4-8,10-12,14-15H,9,13,16-17H2,1-3H3,(H,28,30). The van der Waals surface area contributed by atoms with Crippen LogP contribution in [0.15, 0.2) is 60.7 Å². The van der Waals surface area contributed by atoms with Gasteiger partial charge in [-0.05, 0) is 54.8 Å². The maximum absolute atomic E-state index is 12.6. The van der Waals surface area contributed by atoms with Crippen molar-refractivity contribution in [2.45, 2.75) is 26.3 Å². The molecule has 1 N–H and O–H groups in total. The number of fused-ring (bicyclic) bond motifs is 1. The highest BCUT2D eigenvalue weighted by Gasteiger charge is 2.26. The molecular weight excluding hydrogens is 432 g/mol. The fourth-order valence-corrected chi connectivity index (χ4v) is 3.85. The Morgan fingerprint density at radius 1 is 0.971 bits per heavy atom. The van der Waals surface area contributed by atoms with Gasteiger partial charge in [-0.1, -0.05) is 35.9 Å². The number of nitrogens with one attached hydrogen (secondary N) is 1. The molecule has 1 heterocycles. The number of rotatable bonds is 8. The summed E-state index contributed by atoms with van der Waals surface area (Å²) in [5.74, 6) is 1.66. The Balaban J connectivity index is 1.44. The van der Waals surface area contributed by atoms with E-state index in [1.165, 1.54) is 0 Å². The smallest absolute Gasteiger partial charge is 0.265 e. The van der Waals surface area contributed by atoms with Crippen molar-refractivity contribution in [3.05, 3.63) is 77.4 Å². The Hall–Kier alpha value is -4.00. The topological polar surface area (TPSA) is 77.1 Å². The predicted molar refractivity (Wildman–Crippen MR) is 131 cm³/mol. The van der Waals surface area contributed by atoms with Crippen LogP contribution in [-0.4, -0.2) is 32.6 Å². The van der Waals surface area contributed by atoms with Crippen molar-refractivity contribution in [3.63, 3.8) is 0 Å². The highest BCUT2D eigenvalue weighted by atomic mass is 16.5. The van der Waals surface area contributed by atoms with Crippen LogP contribution in [0.2, 0.25) is 0 Å². The van der Waals surface area contributed by atoms with Crippen molar-refractivity contribution in [2.24, 2.45) is 0 Å². The van der Waals surface area contributed by atoms with Crippen LogP contribution in [0.1, 0.15) is 23.1 Å². The maximum atomic E-state index is 12.6. The molecule has 0 aliphatic carbocycles. The Kier molecular flexibility index (Phi) is 7.01. The molecule has 7 nitrogen and oxygen atoms in total. The normalized spacial score (nSPS) is 12.6. The zero-order valence-corrected chi connectivity index (χ0v) is 19.6. The Labute approximate surface area is 199 Å². The van der Waals surface area contributed by atoms with Crippen molar-refractivity contribution in [1.82, 2.24) is 0 Å². The molecule has 0 spiro atoms. The Morgan fingerprint density at radius 2 is 1.71 bits per heavy atom. The van der Waals surface area contributed by atoms with E-state index in [0.29, 0.717) is 48.0 Å². The van der Waals surface area contributed by atoms with Crippen LogP contribution in [0.25, 0.3) is 0 Å². The number of methoxy groups -OCH3 is 2. The first-order valence-corrected chi connectivity index (χ1v) is 11.1. The van der Waals surface area contributed by atoms with E-state index in [0.717, 1.165) is 16.7 Å². The van der Waals surface area contributed by atoms with E-state index < -0.39 is 0 Å². The number of aryl methyl sites for hydroxylation is 2. The van der Waals surface area contributed by atoms with Gasteiger partial charge < -0.3 is 24.4 Å². The summed E-state index contributed by atoms with van der Waals surface area (Å²) in [4.78, 5) is 26.9. The second-order valence-electron chi connectivity index (χ2n) is 8.17. The zero-order chi connectivity index (χ0) is 24.1. The van der Waals surface area contributed by atoms with Gasteiger partial charge in [0, 0.05) is 12.1 Å². The summed E-state index contributed by atoms with van der Waals surface area (Å²) in [6, 6.07) is 19.0. The third kappa shape index (κ3) is 5.31. The molecule has 3 aromatic carbocycles. The van der Waals surface area contributed by atoms with E-state index in [1.54, 1.807) is 37.3 Å². The summed E-state index contributed by atoms with van der Waals surface area (Å²) in [7, 11) is 3.17. The Bertz CT molecular complexity index is 1190. The van der Waals surface area contributed by atoms with Gasteiger partial charge in [-0.25, -0.2) is 0 Å². The molecular formula is C27H28N2O5. The van der Waals surface area contributed by atoms with Gasteiger partial charge in [-0.2, -0.15) is 0 Å². The molecule has 0 radical (unpaired) electrons. The molecule has 1 aliphatic heterocycles. The van der Waals surface area contributed by atoms with Crippen LogP contribution < -0.4 is 24.4 Å². The van der Waals surface area contributed by atoms with Crippen LogP contribution in [0.4, 0.5) is 11.4 Å². The van der Waals surface area contributed by atoms with Gasteiger partial charge in [0.2, 0.25) is 5.91 Å². The molecule has 4 rings (SSSR count). The van der Waals surface area contributed by atoms with Crippen molar-refractivity contribution in [2.75, 3.05) is 31.0 Å². The number of hydrogen-bond donors (Lipinski definition) is 1. The van der Waals surface area contributed by atoms with Crippen LogP contribution >= 0.6 is 0 Å². The maximum Gasteiger partial charge on any atom is 0.265 e. The van der Waals surface area contributed by atoms with Crippen molar-refractivity contribution in [3.8, 4) is 17.2 Å². The van der Waals surface area contributed by atoms with Gasteiger partial charge >= 0.3 is 0 Å². The average Bonchev–Trinajstić information content (AvgIpc) is 2.85. The van der Waals surface area contributed by atoms with Crippen LogP contribution in [-0.2, 0) is 22.6 Å². The van der Waals surface area contributed by atoms with Crippen LogP contribution in [0, 0.1) is 6.92 Å². The number of nitrogens with zero attached hydrogens (tertiary/aromatic N) is 1. The molecule has 0 unspecified atom stereocenters. The highest BCUT2D eigenvalue weighted by molar-refractivity contribution is 5.99. The fraction of sp³-hybridized carbons (Fsp3) is 0.259. The number of hydrogen-bond acceptors (Lipinski definition) is 5. The van der Waals surface area contributed by atoms with E-state index in [1.807, 2.05) is 49.4 Å². The molecule has 0 atom stereocenters. The number of anilines is 2. The van der Waals surface area contributed by atoms with Gasteiger partial charge in [-0.3, -0.25) is 9.59 Å². The number of ether oxygens (including phenoxy) is 3. The minimum Gasteiger partial charge on any atom is -0.493 e. The minimum absolute atomic E-state index is 0.00408. The van der Waals surface area contributed by atoms with E-state index in [4.69, 9.17) is 14.2 Å². The summed E-state index contributed by atoms with van der Waals surface area (Å²) in [6.07, 6.45) is 0.855. The van der Waals surface area contributed by atoms with E-state index in [9.17, 15) is 9.59 Å². The first kappa shape index (κ1) is 23.2. The second kappa shape index (κ2) is 10.3. The number of benzene rings is 3. The second-order valence-corrected chi connectivity index (χ2v) is 8.17. The minimum atomic E-state index is -0.122. The number of carbonyl (C=O) groups excluding carboxylic acids is 2. The predicted octanol–water partition coefficient (Wildman–Crippen LogP) is 4.51. The van der Waals surface area contributed by atoms with Crippen molar-refractivity contribution >= 4 is 23.2 Å². The first-order chi connectivity index (χ1) is 16.5. The molecule has 3 aromatic rings. The molecule has 176 valence electrons. The van der Waals surface area contributed by atoms with Crippen LogP contribution in [0.5, 0.6) is 17.2 Å². The monoisotopic (exact) mass is 460 g/mol. The van der Waals surface area contributed by atoms with Gasteiger partial charge in [0.25, 0.3) is 5.91 Å². The highest BCUT2D eigenvalue weighted by Crippen LogP contribution is 2.35. The molecule has 0 saturated carbocycles. The lowest BCUT2D eigenvalue weighted by atomic mass is 10.1. The average molecular weight is 461 g/mol. The van der Waals surface area contributed by atoms with Crippen molar-refractivity contribution < 1.29 is 23.8 Å². The summed E-state index contributed by atoms with van der Waals surface area (Å²) in [5.41, 5.74) is 4.42. The van der Waals surface area contributed by atoms with E-state index in [-0.39, 0.29) is 18.4 Å². The summed E-state index contributed by atoms with van der Waals surface area (Å²) >= 11 is 0.